The number of nitrogens with zero attached hydrogens (tertiary/aromatic N) is 2. The first kappa shape index (κ1) is 12.0. The van der Waals surface area contributed by atoms with Gasteiger partial charge in [-0.15, -0.1) is 0 Å². The number of aryl methyl sites for hydroxylation is 1. The van der Waals surface area contributed by atoms with Gasteiger partial charge in [0.15, 0.2) is 0 Å². The molecule has 0 aliphatic heterocycles. The Morgan fingerprint density at radius 1 is 1.53 bits per heavy atom. The van der Waals surface area contributed by atoms with Gasteiger partial charge in [0.1, 0.15) is 0 Å². The fourth-order valence-electron chi connectivity index (χ4n) is 1.19. The number of aliphatic hydroxyl groups is 1. The second kappa shape index (κ2) is 4.65. The van der Waals surface area contributed by atoms with Crippen molar-refractivity contribution in [3.05, 3.63) is 18.0 Å². The van der Waals surface area contributed by atoms with Crippen molar-refractivity contribution >= 4 is 0 Å². The minimum Gasteiger partial charge on any atom is -0.388 e. The van der Waals surface area contributed by atoms with E-state index < -0.39 is 18.7 Å². The topological polar surface area (TPSA) is 38.0 Å². The third kappa shape index (κ3) is 3.91. The fourth-order valence-corrected chi connectivity index (χ4v) is 1.19. The first-order chi connectivity index (χ1) is 6.92. The van der Waals surface area contributed by atoms with Crippen LogP contribution in [0.25, 0.3) is 0 Å². The highest BCUT2D eigenvalue weighted by Gasteiger charge is 2.28. The molecule has 1 atom stereocenters. The van der Waals surface area contributed by atoms with E-state index in [2.05, 4.69) is 5.10 Å². The molecule has 1 aromatic rings. The smallest absolute Gasteiger partial charge is 0.388 e. The van der Waals surface area contributed by atoms with Crippen LogP contribution in [0.3, 0.4) is 0 Å². The lowest BCUT2D eigenvalue weighted by Gasteiger charge is -2.10. The van der Waals surface area contributed by atoms with E-state index in [0.717, 1.165) is 0 Å². The third-order valence-electron chi connectivity index (χ3n) is 2.06. The van der Waals surface area contributed by atoms with Crippen LogP contribution >= 0.6 is 0 Å². The summed E-state index contributed by atoms with van der Waals surface area (Å²) in [5.41, 5.74) is 0.432. The van der Waals surface area contributed by atoms with Crippen molar-refractivity contribution in [2.75, 3.05) is 0 Å². The molecule has 1 unspecified atom stereocenters. The monoisotopic (exact) mass is 222 g/mol. The molecule has 3 nitrogen and oxygen atoms in total. The SMILES string of the molecule is CCn1cc(C(O)CCC(F)(F)F)cn1. The van der Waals surface area contributed by atoms with E-state index in [1.807, 2.05) is 6.92 Å². The Bertz CT molecular complexity index is 309. The second-order valence-corrected chi connectivity index (χ2v) is 3.30. The molecule has 15 heavy (non-hydrogen) atoms. The molecular weight excluding hydrogens is 209 g/mol. The zero-order valence-electron chi connectivity index (χ0n) is 8.33. The van der Waals surface area contributed by atoms with Gasteiger partial charge in [-0.2, -0.15) is 18.3 Å². The summed E-state index contributed by atoms with van der Waals surface area (Å²) in [6, 6.07) is 0. The molecule has 0 saturated carbocycles. The number of halogens is 3. The Kier molecular flexibility index (Phi) is 3.73. The molecule has 0 aliphatic carbocycles. The maximum absolute atomic E-state index is 11.9. The van der Waals surface area contributed by atoms with Crippen LogP contribution in [0.2, 0.25) is 0 Å². The highest BCUT2D eigenvalue weighted by atomic mass is 19.4. The molecule has 1 N–H and O–H groups in total. The van der Waals surface area contributed by atoms with Crippen LogP contribution < -0.4 is 0 Å². The summed E-state index contributed by atoms with van der Waals surface area (Å²) in [6.07, 6.45) is -3.66. The van der Waals surface area contributed by atoms with E-state index in [-0.39, 0.29) is 6.42 Å². The first-order valence-electron chi connectivity index (χ1n) is 4.69. The molecule has 0 fully saturated rings. The van der Waals surface area contributed by atoms with Crippen molar-refractivity contribution in [3.8, 4) is 0 Å². The lowest BCUT2D eigenvalue weighted by atomic mass is 10.1. The lowest BCUT2D eigenvalue weighted by Crippen LogP contribution is -2.09. The number of hydrogen-bond acceptors (Lipinski definition) is 2. The molecule has 1 aromatic heterocycles. The summed E-state index contributed by atoms with van der Waals surface area (Å²) in [7, 11) is 0. The molecule has 1 heterocycles. The quantitative estimate of drug-likeness (QED) is 0.848. The number of alkyl halides is 3. The molecule has 0 aliphatic rings. The minimum atomic E-state index is -4.22. The average molecular weight is 222 g/mol. The molecule has 86 valence electrons. The van der Waals surface area contributed by atoms with E-state index in [9.17, 15) is 18.3 Å². The number of aliphatic hydroxyl groups excluding tert-OH is 1. The molecule has 0 saturated heterocycles. The van der Waals surface area contributed by atoms with Crippen molar-refractivity contribution in [1.82, 2.24) is 9.78 Å². The molecule has 0 radical (unpaired) electrons. The van der Waals surface area contributed by atoms with Crippen LogP contribution in [0.4, 0.5) is 13.2 Å². The minimum absolute atomic E-state index is 0.321. The van der Waals surface area contributed by atoms with Crippen LogP contribution in [0.5, 0.6) is 0 Å². The number of aromatic nitrogens is 2. The van der Waals surface area contributed by atoms with Gasteiger partial charge in [-0.3, -0.25) is 4.68 Å². The molecule has 0 bridgehead atoms. The molecular formula is C9H13F3N2O. The summed E-state index contributed by atoms with van der Waals surface area (Å²) in [5, 5.41) is 13.3. The Morgan fingerprint density at radius 3 is 2.67 bits per heavy atom. The molecule has 6 heteroatoms. The van der Waals surface area contributed by atoms with E-state index in [1.54, 1.807) is 10.9 Å². The highest BCUT2D eigenvalue weighted by molar-refractivity contribution is 5.07. The van der Waals surface area contributed by atoms with E-state index >= 15 is 0 Å². The normalized spacial score (nSPS) is 14.2. The molecule has 0 aromatic carbocycles. The summed E-state index contributed by atoms with van der Waals surface area (Å²) in [4.78, 5) is 0. The van der Waals surface area contributed by atoms with Gasteiger partial charge in [0.25, 0.3) is 0 Å². The Hall–Kier alpha value is -1.04. The predicted molar refractivity (Wildman–Crippen MR) is 48.1 cm³/mol. The number of hydrogen-bond donors (Lipinski definition) is 1. The number of rotatable bonds is 4. The van der Waals surface area contributed by atoms with Crippen LogP contribution in [0.15, 0.2) is 12.4 Å². The van der Waals surface area contributed by atoms with E-state index in [1.165, 1.54) is 6.20 Å². The lowest BCUT2D eigenvalue weighted by molar-refractivity contribution is -0.140. The van der Waals surface area contributed by atoms with Gasteiger partial charge in [0.05, 0.1) is 12.3 Å². The Labute approximate surface area is 85.5 Å². The zero-order chi connectivity index (χ0) is 11.5. The summed E-state index contributed by atoms with van der Waals surface area (Å²) in [5.74, 6) is 0. The van der Waals surface area contributed by atoms with Crippen LogP contribution in [-0.4, -0.2) is 21.1 Å². The van der Waals surface area contributed by atoms with Gasteiger partial charge in [-0.25, -0.2) is 0 Å². The Morgan fingerprint density at radius 2 is 2.20 bits per heavy atom. The third-order valence-corrected chi connectivity index (χ3v) is 2.06. The van der Waals surface area contributed by atoms with Crippen molar-refractivity contribution in [2.24, 2.45) is 0 Å². The van der Waals surface area contributed by atoms with Gasteiger partial charge in [-0.1, -0.05) is 0 Å². The zero-order valence-corrected chi connectivity index (χ0v) is 8.33. The van der Waals surface area contributed by atoms with Crippen LogP contribution in [0.1, 0.15) is 31.4 Å². The maximum atomic E-state index is 11.9. The van der Waals surface area contributed by atoms with Crippen molar-refractivity contribution < 1.29 is 18.3 Å². The first-order valence-corrected chi connectivity index (χ1v) is 4.69. The summed E-state index contributed by atoms with van der Waals surface area (Å²) < 4.78 is 37.2. The summed E-state index contributed by atoms with van der Waals surface area (Å²) >= 11 is 0. The maximum Gasteiger partial charge on any atom is 0.389 e. The molecule has 0 spiro atoms. The average Bonchev–Trinajstić information content (AvgIpc) is 2.61. The van der Waals surface area contributed by atoms with Crippen molar-refractivity contribution in [1.29, 1.82) is 0 Å². The van der Waals surface area contributed by atoms with E-state index in [0.29, 0.717) is 12.1 Å². The van der Waals surface area contributed by atoms with Crippen molar-refractivity contribution in [3.63, 3.8) is 0 Å². The molecule has 0 amide bonds. The molecule has 1 rings (SSSR count). The van der Waals surface area contributed by atoms with E-state index in [4.69, 9.17) is 0 Å². The summed E-state index contributed by atoms with van der Waals surface area (Å²) in [6.45, 7) is 2.49. The van der Waals surface area contributed by atoms with Gasteiger partial charge >= 0.3 is 6.18 Å². The predicted octanol–water partition coefficient (Wildman–Crippen LogP) is 2.28. The van der Waals surface area contributed by atoms with Gasteiger partial charge in [-0.05, 0) is 13.3 Å². The van der Waals surface area contributed by atoms with Crippen molar-refractivity contribution in [2.45, 2.75) is 38.6 Å². The standard InChI is InChI=1S/C9H13F3N2O/c1-2-14-6-7(5-13-14)8(15)3-4-9(10,11)12/h5-6,8,15H,2-4H2,1H3. The van der Waals surface area contributed by atoms with Crippen LogP contribution in [0, 0.1) is 0 Å². The van der Waals surface area contributed by atoms with Gasteiger partial charge < -0.3 is 5.11 Å². The highest BCUT2D eigenvalue weighted by Crippen LogP contribution is 2.27. The Balaban J connectivity index is 2.50. The van der Waals surface area contributed by atoms with Gasteiger partial charge in [0.2, 0.25) is 0 Å². The fraction of sp³-hybridized carbons (Fsp3) is 0.667. The largest absolute Gasteiger partial charge is 0.389 e. The van der Waals surface area contributed by atoms with Crippen LogP contribution in [-0.2, 0) is 6.54 Å². The second-order valence-electron chi connectivity index (χ2n) is 3.30. The van der Waals surface area contributed by atoms with Gasteiger partial charge in [0, 0.05) is 24.7 Å².